The quantitative estimate of drug-likeness (QED) is 0.804. The molecule has 0 spiro atoms. The van der Waals surface area contributed by atoms with E-state index in [4.69, 9.17) is 4.74 Å². The smallest absolute Gasteiger partial charge is 0.173 e. The number of aliphatic hydroxyl groups excluding tert-OH is 1. The van der Waals surface area contributed by atoms with Crippen LogP contribution in [-0.4, -0.2) is 12.2 Å². The number of hydrogen-bond acceptors (Lipinski definition) is 2. The lowest BCUT2D eigenvalue weighted by Crippen LogP contribution is -2.03. The van der Waals surface area contributed by atoms with E-state index in [1.807, 2.05) is 24.3 Å². The maximum absolute atomic E-state index is 13.5. The minimum Gasteiger partial charge on any atom is -0.497 e. The Hall–Kier alpha value is -1.46. The van der Waals surface area contributed by atoms with Gasteiger partial charge in [0.1, 0.15) is 5.75 Å². The van der Waals surface area contributed by atoms with E-state index >= 15 is 0 Å². The number of methoxy groups -OCH3 is 1. The normalized spacial score (nSPS) is 12.2. The highest BCUT2D eigenvalue weighted by atomic mass is 79.9. The first-order valence-electron chi connectivity index (χ1n) is 6.47. The molecule has 1 atom stereocenters. The summed E-state index contributed by atoms with van der Waals surface area (Å²) in [6.45, 7) is 0. The highest BCUT2D eigenvalue weighted by molar-refractivity contribution is 9.10. The molecule has 0 radical (unpaired) electrons. The first kappa shape index (κ1) is 15.9. The number of aryl methyl sites for hydroxylation is 1. The Bertz CT molecular complexity index is 614. The van der Waals surface area contributed by atoms with E-state index in [0.717, 1.165) is 17.4 Å². The molecule has 2 aromatic carbocycles. The summed E-state index contributed by atoms with van der Waals surface area (Å²) in [6.07, 6.45) is 0.170. The van der Waals surface area contributed by atoms with Gasteiger partial charge < -0.3 is 9.84 Å². The predicted molar refractivity (Wildman–Crippen MR) is 80.3 cm³/mol. The van der Waals surface area contributed by atoms with Gasteiger partial charge in [-0.3, -0.25) is 0 Å². The van der Waals surface area contributed by atoms with Crippen LogP contribution < -0.4 is 4.74 Å². The van der Waals surface area contributed by atoms with Crippen molar-refractivity contribution in [2.75, 3.05) is 7.11 Å². The van der Waals surface area contributed by atoms with Crippen LogP contribution in [0.4, 0.5) is 8.78 Å². The highest BCUT2D eigenvalue weighted by Crippen LogP contribution is 2.30. The van der Waals surface area contributed by atoms with Crippen molar-refractivity contribution in [3.8, 4) is 5.75 Å². The second-order valence-corrected chi connectivity index (χ2v) is 5.46. The molecule has 0 aliphatic heterocycles. The van der Waals surface area contributed by atoms with E-state index in [-0.39, 0.29) is 4.47 Å². The van der Waals surface area contributed by atoms with Gasteiger partial charge in [-0.2, -0.15) is 0 Å². The van der Waals surface area contributed by atoms with Gasteiger partial charge in [-0.15, -0.1) is 0 Å². The maximum Gasteiger partial charge on any atom is 0.173 e. The minimum atomic E-state index is -0.976. The molecule has 2 rings (SSSR count). The molecule has 0 amide bonds. The lowest BCUT2D eigenvalue weighted by molar-refractivity contribution is 0.166. The maximum atomic E-state index is 13.5. The van der Waals surface area contributed by atoms with Crippen molar-refractivity contribution in [1.82, 2.24) is 0 Å². The third-order valence-electron chi connectivity index (χ3n) is 3.29. The Balaban J connectivity index is 2.04. The monoisotopic (exact) mass is 356 g/mol. The van der Waals surface area contributed by atoms with Crippen LogP contribution >= 0.6 is 15.9 Å². The fourth-order valence-corrected chi connectivity index (χ4v) is 2.64. The van der Waals surface area contributed by atoms with Crippen molar-refractivity contribution < 1.29 is 18.6 Å². The highest BCUT2D eigenvalue weighted by Gasteiger charge is 2.17. The van der Waals surface area contributed by atoms with E-state index in [1.165, 1.54) is 6.07 Å². The summed E-state index contributed by atoms with van der Waals surface area (Å²) < 4.78 is 31.5. The Morgan fingerprint density at radius 1 is 1.14 bits per heavy atom. The predicted octanol–water partition coefficient (Wildman–Crippen LogP) is 4.40. The minimum absolute atomic E-state index is 0.0234. The lowest BCUT2D eigenvalue weighted by Gasteiger charge is -2.13. The van der Waals surface area contributed by atoms with E-state index < -0.39 is 17.7 Å². The van der Waals surface area contributed by atoms with Crippen LogP contribution in [0.3, 0.4) is 0 Å². The van der Waals surface area contributed by atoms with Gasteiger partial charge in [0.15, 0.2) is 11.6 Å². The van der Waals surface area contributed by atoms with Crippen LogP contribution in [0.5, 0.6) is 5.75 Å². The summed E-state index contributed by atoms with van der Waals surface area (Å²) in [5, 5.41) is 10.1. The zero-order valence-corrected chi connectivity index (χ0v) is 13.0. The molecule has 0 fully saturated rings. The summed E-state index contributed by atoms with van der Waals surface area (Å²) in [6, 6.07) is 9.91. The molecule has 1 unspecified atom stereocenters. The first-order valence-corrected chi connectivity index (χ1v) is 7.26. The van der Waals surface area contributed by atoms with Crippen LogP contribution in [0, 0.1) is 11.6 Å². The molecule has 112 valence electrons. The van der Waals surface area contributed by atoms with E-state index in [9.17, 15) is 13.9 Å². The molecule has 1 N–H and O–H groups in total. The third-order valence-corrected chi connectivity index (χ3v) is 4.10. The van der Waals surface area contributed by atoms with Gasteiger partial charge in [-0.05, 0) is 58.1 Å². The van der Waals surface area contributed by atoms with Gasteiger partial charge in [0, 0.05) is 0 Å². The average Bonchev–Trinajstić information content (AvgIpc) is 2.51. The zero-order chi connectivity index (χ0) is 15.4. The van der Waals surface area contributed by atoms with Gasteiger partial charge in [0.25, 0.3) is 0 Å². The van der Waals surface area contributed by atoms with Crippen molar-refractivity contribution in [2.24, 2.45) is 0 Å². The van der Waals surface area contributed by atoms with Crippen LogP contribution in [-0.2, 0) is 6.42 Å². The molecule has 0 saturated carbocycles. The third kappa shape index (κ3) is 3.80. The molecule has 0 aliphatic rings. The largest absolute Gasteiger partial charge is 0.497 e. The number of hydrogen-bond donors (Lipinski definition) is 1. The van der Waals surface area contributed by atoms with Crippen LogP contribution in [0.15, 0.2) is 40.9 Å². The molecule has 0 bridgehead atoms. The van der Waals surface area contributed by atoms with Crippen LogP contribution in [0.1, 0.15) is 23.7 Å². The number of halogens is 3. The molecular weight excluding hydrogens is 342 g/mol. The lowest BCUT2D eigenvalue weighted by atomic mass is 10.0. The van der Waals surface area contributed by atoms with Crippen LogP contribution in [0.2, 0.25) is 0 Å². The Morgan fingerprint density at radius 3 is 2.43 bits per heavy atom. The number of benzene rings is 2. The van der Waals surface area contributed by atoms with Gasteiger partial charge in [-0.1, -0.05) is 18.2 Å². The summed E-state index contributed by atoms with van der Waals surface area (Å²) in [5.74, 6) is -1.15. The fraction of sp³-hybridized carbons (Fsp3) is 0.250. The van der Waals surface area contributed by atoms with E-state index in [0.29, 0.717) is 18.4 Å². The molecule has 0 aromatic heterocycles. The van der Waals surface area contributed by atoms with Crippen molar-refractivity contribution in [1.29, 1.82) is 0 Å². The second-order valence-electron chi connectivity index (χ2n) is 4.67. The average molecular weight is 357 g/mol. The van der Waals surface area contributed by atoms with Gasteiger partial charge in [-0.25, -0.2) is 8.78 Å². The zero-order valence-electron chi connectivity index (χ0n) is 11.4. The summed E-state index contributed by atoms with van der Waals surface area (Å²) in [4.78, 5) is 0. The van der Waals surface area contributed by atoms with Gasteiger partial charge >= 0.3 is 0 Å². The van der Waals surface area contributed by atoms with Crippen LogP contribution in [0.25, 0.3) is 0 Å². The standard InChI is InChI=1S/C16H15BrF2O2/c1-21-11-5-2-10(3-6-11)4-9-14(20)12-7-8-13(18)16(19)15(12)17/h2-3,5-8,14,20H,4,9H2,1H3. The van der Waals surface area contributed by atoms with Gasteiger partial charge in [0.05, 0.1) is 17.7 Å². The summed E-state index contributed by atoms with van der Waals surface area (Å²) in [5.41, 5.74) is 1.39. The second kappa shape index (κ2) is 7.00. The summed E-state index contributed by atoms with van der Waals surface area (Å²) in [7, 11) is 1.60. The summed E-state index contributed by atoms with van der Waals surface area (Å²) >= 11 is 2.99. The fourth-order valence-electron chi connectivity index (χ4n) is 2.05. The van der Waals surface area contributed by atoms with E-state index in [1.54, 1.807) is 7.11 Å². The SMILES string of the molecule is COc1ccc(CCC(O)c2ccc(F)c(F)c2Br)cc1. The molecule has 0 aliphatic carbocycles. The van der Waals surface area contributed by atoms with Crippen molar-refractivity contribution >= 4 is 15.9 Å². The Labute approximate surface area is 130 Å². The number of rotatable bonds is 5. The Kier molecular flexibility index (Phi) is 5.31. The first-order chi connectivity index (χ1) is 10.0. The Morgan fingerprint density at radius 2 is 1.81 bits per heavy atom. The molecule has 2 aromatic rings. The molecule has 0 heterocycles. The number of ether oxygens (including phenoxy) is 1. The molecule has 21 heavy (non-hydrogen) atoms. The molecule has 5 heteroatoms. The molecular formula is C16H15BrF2O2. The number of aliphatic hydroxyl groups is 1. The van der Waals surface area contributed by atoms with Gasteiger partial charge in [0.2, 0.25) is 0 Å². The molecule has 2 nitrogen and oxygen atoms in total. The van der Waals surface area contributed by atoms with Crippen molar-refractivity contribution in [3.05, 3.63) is 63.6 Å². The van der Waals surface area contributed by atoms with Crippen molar-refractivity contribution in [3.63, 3.8) is 0 Å². The van der Waals surface area contributed by atoms with E-state index in [2.05, 4.69) is 15.9 Å². The van der Waals surface area contributed by atoms with Crippen molar-refractivity contribution in [2.45, 2.75) is 18.9 Å². The molecule has 0 saturated heterocycles. The topological polar surface area (TPSA) is 29.5 Å².